The highest BCUT2D eigenvalue weighted by molar-refractivity contribution is 5.86. The van der Waals surface area contributed by atoms with E-state index in [0.29, 0.717) is 23.5 Å². The Morgan fingerprint density at radius 1 is 1.24 bits per heavy atom. The first-order valence-electron chi connectivity index (χ1n) is 8.41. The third-order valence-corrected chi connectivity index (χ3v) is 4.56. The Labute approximate surface area is 144 Å². The van der Waals surface area contributed by atoms with Crippen LogP contribution in [0.4, 0.5) is 5.95 Å². The van der Waals surface area contributed by atoms with Crippen LogP contribution in [0.3, 0.4) is 0 Å². The Hall–Kier alpha value is -3.09. The lowest BCUT2D eigenvalue weighted by Gasteiger charge is -2.06. The van der Waals surface area contributed by atoms with Crippen molar-refractivity contribution >= 4 is 27.9 Å². The lowest BCUT2D eigenvalue weighted by molar-refractivity contribution is 0.785. The molecule has 0 saturated heterocycles. The molecule has 1 aromatic carbocycles. The van der Waals surface area contributed by atoms with Crippen LogP contribution in [-0.4, -0.2) is 31.3 Å². The molecule has 128 valence electrons. The van der Waals surface area contributed by atoms with E-state index in [2.05, 4.69) is 56.7 Å². The quantitative estimate of drug-likeness (QED) is 0.522. The zero-order chi connectivity index (χ0) is 17.4. The molecule has 0 spiro atoms. The van der Waals surface area contributed by atoms with Crippen molar-refractivity contribution < 1.29 is 0 Å². The largest absolute Gasteiger partial charge is 0.361 e. The van der Waals surface area contributed by atoms with Gasteiger partial charge in [-0.2, -0.15) is 10.1 Å². The number of aromatic nitrogens is 5. The van der Waals surface area contributed by atoms with Crippen molar-refractivity contribution in [2.45, 2.75) is 19.8 Å². The number of aromatic amines is 2. The number of nitrogens with one attached hydrogen (secondary N) is 3. The van der Waals surface area contributed by atoms with E-state index < -0.39 is 0 Å². The smallest absolute Gasteiger partial charge is 0.263 e. The first-order chi connectivity index (χ1) is 12.2. The summed E-state index contributed by atoms with van der Waals surface area (Å²) in [6.45, 7) is 2.84. The Morgan fingerprint density at radius 3 is 2.96 bits per heavy atom. The molecule has 3 N–H and O–H groups in total. The highest BCUT2D eigenvalue weighted by Gasteiger charge is 2.09. The summed E-state index contributed by atoms with van der Waals surface area (Å²) < 4.78 is 1.60. The summed E-state index contributed by atoms with van der Waals surface area (Å²) in [5.74, 6) is 0.468. The van der Waals surface area contributed by atoms with Crippen LogP contribution < -0.4 is 10.9 Å². The summed E-state index contributed by atoms with van der Waals surface area (Å²) in [7, 11) is 1.77. The van der Waals surface area contributed by atoms with Gasteiger partial charge in [-0.15, -0.1) is 0 Å². The minimum Gasteiger partial charge on any atom is -0.361 e. The Bertz CT molecular complexity index is 1100. The number of benzene rings is 1. The first kappa shape index (κ1) is 15.4. The van der Waals surface area contributed by atoms with Gasteiger partial charge in [-0.05, 0) is 24.0 Å². The van der Waals surface area contributed by atoms with Crippen LogP contribution in [0.15, 0.2) is 35.4 Å². The fraction of sp³-hybridized carbons (Fsp3) is 0.278. The Morgan fingerprint density at radius 2 is 2.12 bits per heavy atom. The highest BCUT2D eigenvalue weighted by Crippen LogP contribution is 2.22. The fourth-order valence-corrected chi connectivity index (χ4v) is 3.21. The number of rotatable bonds is 5. The predicted molar refractivity (Wildman–Crippen MR) is 99.0 cm³/mol. The molecule has 0 aliphatic carbocycles. The van der Waals surface area contributed by atoms with Gasteiger partial charge >= 0.3 is 0 Å². The molecule has 0 bridgehead atoms. The maximum atomic E-state index is 12.1. The van der Waals surface area contributed by atoms with Gasteiger partial charge in [-0.25, -0.2) is 0 Å². The summed E-state index contributed by atoms with van der Waals surface area (Å²) >= 11 is 0. The molecule has 3 aromatic heterocycles. The molecule has 3 heterocycles. The number of anilines is 1. The third kappa shape index (κ3) is 2.67. The molecular formula is C18H20N6O. The van der Waals surface area contributed by atoms with Crippen LogP contribution in [0, 0.1) is 0 Å². The number of para-hydroxylation sites is 1. The molecule has 7 heteroatoms. The molecule has 0 radical (unpaired) electrons. The van der Waals surface area contributed by atoms with Gasteiger partial charge in [-0.3, -0.25) is 14.5 Å². The summed E-state index contributed by atoms with van der Waals surface area (Å²) in [5, 5.41) is 9.03. The van der Waals surface area contributed by atoms with Gasteiger partial charge in [0, 0.05) is 30.7 Å². The van der Waals surface area contributed by atoms with E-state index >= 15 is 0 Å². The monoisotopic (exact) mass is 336 g/mol. The van der Waals surface area contributed by atoms with Crippen molar-refractivity contribution in [2.24, 2.45) is 7.05 Å². The number of hydrogen-bond acceptors (Lipinski definition) is 4. The standard InChI is InChI=1S/C18H20N6O/c1-3-11-5-4-6-13-12(9-20-15(11)13)7-8-19-18-22-16-14(17(25)23-18)10-21-24(16)2/h4-6,9-10,20H,3,7-8H2,1-2H3,(H2,19,22,23,25). The number of hydrogen-bond donors (Lipinski definition) is 3. The van der Waals surface area contributed by atoms with Gasteiger partial charge in [0.1, 0.15) is 5.39 Å². The van der Waals surface area contributed by atoms with E-state index in [1.54, 1.807) is 11.7 Å². The van der Waals surface area contributed by atoms with Crippen molar-refractivity contribution in [3.63, 3.8) is 0 Å². The molecule has 25 heavy (non-hydrogen) atoms. The van der Waals surface area contributed by atoms with Crippen LogP contribution in [0.5, 0.6) is 0 Å². The normalized spacial score (nSPS) is 11.4. The van der Waals surface area contributed by atoms with E-state index in [-0.39, 0.29) is 5.56 Å². The molecule has 0 atom stereocenters. The first-order valence-corrected chi connectivity index (χ1v) is 8.41. The van der Waals surface area contributed by atoms with Gasteiger partial charge in [0.2, 0.25) is 5.95 Å². The minimum atomic E-state index is -0.180. The van der Waals surface area contributed by atoms with E-state index in [4.69, 9.17) is 0 Å². The SMILES string of the molecule is CCc1cccc2c(CCNc3nc4c(cnn4C)c(=O)[nH]3)c[nH]c12. The van der Waals surface area contributed by atoms with Gasteiger partial charge in [0.25, 0.3) is 5.56 Å². The Balaban J connectivity index is 1.53. The van der Waals surface area contributed by atoms with Crippen molar-refractivity contribution in [3.8, 4) is 0 Å². The molecular weight excluding hydrogens is 316 g/mol. The average molecular weight is 336 g/mol. The molecule has 0 aliphatic rings. The number of H-pyrrole nitrogens is 2. The number of aryl methyl sites for hydroxylation is 2. The van der Waals surface area contributed by atoms with Crippen LogP contribution in [0.1, 0.15) is 18.1 Å². The van der Waals surface area contributed by atoms with Crippen molar-refractivity contribution in [1.29, 1.82) is 0 Å². The fourth-order valence-electron chi connectivity index (χ4n) is 3.21. The molecule has 4 aromatic rings. The maximum Gasteiger partial charge on any atom is 0.263 e. The second kappa shape index (κ2) is 6.08. The minimum absolute atomic E-state index is 0.180. The summed E-state index contributed by atoms with van der Waals surface area (Å²) in [6.07, 6.45) is 5.43. The molecule has 0 aliphatic heterocycles. The lowest BCUT2D eigenvalue weighted by atomic mass is 10.1. The molecule has 4 rings (SSSR count). The maximum absolute atomic E-state index is 12.1. The van der Waals surface area contributed by atoms with E-state index in [1.165, 1.54) is 28.2 Å². The van der Waals surface area contributed by atoms with Gasteiger partial charge in [0.15, 0.2) is 5.65 Å². The second-order valence-electron chi connectivity index (χ2n) is 6.10. The predicted octanol–water partition coefficient (Wildman–Crippen LogP) is 2.35. The van der Waals surface area contributed by atoms with Gasteiger partial charge in [0.05, 0.1) is 6.20 Å². The molecule has 0 fully saturated rings. The summed E-state index contributed by atoms with van der Waals surface area (Å²) in [5.41, 5.74) is 4.18. The summed E-state index contributed by atoms with van der Waals surface area (Å²) in [4.78, 5) is 22.6. The Kier molecular flexibility index (Phi) is 3.76. The molecule has 0 unspecified atom stereocenters. The summed E-state index contributed by atoms with van der Waals surface area (Å²) in [6, 6.07) is 6.39. The van der Waals surface area contributed by atoms with Crippen LogP contribution in [0.2, 0.25) is 0 Å². The van der Waals surface area contributed by atoms with Crippen molar-refractivity contribution in [2.75, 3.05) is 11.9 Å². The highest BCUT2D eigenvalue weighted by atomic mass is 16.1. The molecule has 7 nitrogen and oxygen atoms in total. The average Bonchev–Trinajstić information content (AvgIpc) is 3.19. The van der Waals surface area contributed by atoms with Crippen molar-refractivity contribution in [3.05, 3.63) is 52.1 Å². The molecule has 0 amide bonds. The van der Waals surface area contributed by atoms with E-state index in [0.717, 1.165) is 12.8 Å². The number of nitrogens with zero attached hydrogens (tertiary/aromatic N) is 3. The lowest BCUT2D eigenvalue weighted by Crippen LogP contribution is -2.15. The van der Waals surface area contributed by atoms with Gasteiger partial charge in [-0.1, -0.05) is 25.1 Å². The number of fused-ring (bicyclic) bond motifs is 2. The zero-order valence-electron chi connectivity index (χ0n) is 14.3. The van der Waals surface area contributed by atoms with Gasteiger partial charge < -0.3 is 10.3 Å². The van der Waals surface area contributed by atoms with Crippen LogP contribution in [0.25, 0.3) is 21.9 Å². The van der Waals surface area contributed by atoms with Crippen molar-refractivity contribution in [1.82, 2.24) is 24.7 Å². The van der Waals surface area contributed by atoms with Crippen LogP contribution in [-0.2, 0) is 19.9 Å². The van der Waals surface area contributed by atoms with E-state index in [1.807, 2.05) is 0 Å². The van der Waals surface area contributed by atoms with Crippen LogP contribution >= 0.6 is 0 Å². The zero-order valence-corrected chi connectivity index (χ0v) is 14.3. The molecule has 0 saturated carbocycles. The van der Waals surface area contributed by atoms with E-state index in [9.17, 15) is 4.79 Å². The second-order valence-corrected chi connectivity index (χ2v) is 6.10. The third-order valence-electron chi connectivity index (χ3n) is 4.56. The topological polar surface area (TPSA) is 91.4 Å².